The Labute approximate surface area is 230 Å². The van der Waals surface area contributed by atoms with E-state index in [2.05, 4.69) is 40.2 Å². The second-order valence-corrected chi connectivity index (χ2v) is 12.6. The van der Waals surface area contributed by atoms with Crippen molar-refractivity contribution in [3.8, 4) is 0 Å². The smallest absolute Gasteiger partial charge is 0.251 e. The van der Waals surface area contributed by atoms with Crippen molar-refractivity contribution in [2.75, 3.05) is 57.3 Å². The van der Waals surface area contributed by atoms with E-state index in [1.807, 2.05) is 13.8 Å². The Morgan fingerprint density at radius 2 is 1.68 bits per heavy atom. The number of hydrogen-bond acceptors (Lipinski definition) is 7. The van der Waals surface area contributed by atoms with Crippen LogP contribution in [0.1, 0.15) is 49.5 Å². The van der Waals surface area contributed by atoms with Crippen LogP contribution in [0.25, 0.3) is 10.2 Å². The number of nitrogens with one attached hydrogen (secondary N) is 1. The van der Waals surface area contributed by atoms with Gasteiger partial charge in [-0.3, -0.25) is 9.69 Å². The molecule has 3 aromatic rings. The Morgan fingerprint density at radius 1 is 1.00 bits per heavy atom. The lowest BCUT2D eigenvalue weighted by Gasteiger charge is -2.34. The zero-order valence-corrected chi connectivity index (χ0v) is 24.3. The van der Waals surface area contributed by atoms with Crippen LogP contribution < -0.4 is 10.2 Å². The zero-order chi connectivity index (χ0) is 27.1. The van der Waals surface area contributed by atoms with Crippen LogP contribution in [0.4, 0.5) is 5.13 Å². The number of aromatic nitrogens is 1. The van der Waals surface area contributed by atoms with E-state index in [4.69, 9.17) is 4.98 Å². The largest absolute Gasteiger partial charge is 0.351 e. The third kappa shape index (κ3) is 6.72. The standard InChI is InChI=1S/C28H39N5O3S2/c1-4-14-33(15-5-2)38(35,36)24-10-8-23(9-11-24)27(34)29-13-16-31-17-19-32(20-18-31)28-30-25-12-7-22(6-3)21-26(25)37-28/h7-12,21H,4-6,13-20H2,1-3H3,(H,29,34). The molecule has 4 rings (SSSR count). The van der Waals surface area contributed by atoms with Gasteiger partial charge in [-0.1, -0.05) is 38.2 Å². The second-order valence-electron chi connectivity index (χ2n) is 9.67. The molecule has 2 aromatic carbocycles. The maximum atomic E-state index is 12.9. The fraction of sp³-hybridized carbons (Fsp3) is 0.500. The highest BCUT2D eigenvalue weighted by Crippen LogP contribution is 2.30. The van der Waals surface area contributed by atoms with Crippen LogP contribution in [0.5, 0.6) is 0 Å². The van der Waals surface area contributed by atoms with E-state index in [9.17, 15) is 13.2 Å². The van der Waals surface area contributed by atoms with Gasteiger partial charge in [0.05, 0.1) is 15.1 Å². The van der Waals surface area contributed by atoms with Crippen LogP contribution >= 0.6 is 11.3 Å². The van der Waals surface area contributed by atoms with Crippen molar-refractivity contribution < 1.29 is 13.2 Å². The number of amides is 1. The molecule has 0 saturated carbocycles. The number of rotatable bonds is 12. The third-order valence-electron chi connectivity index (χ3n) is 6.91. The molecule has 1 aliphatic heterocycles. The molecule has 1 N–H and O–H groups in total. The lowest BCUT2D eigenvalue weighted by atomic mass is 10.2. The molecule has 0 radical (unpaired) electrons. The summed E-state index contributed by atoms with van der Waals surface area (Å²) in [7, 11) is -3.55. The van der Waals surface area contributed by atoms with Crippen LogP contribution in [0.3, 0.4) is 0 Å². The average molecular weight is 558 g/mol. The van der Waals surface area contributed by atoms with E-state index in [1.54, 1.807) is 23.5 Å². The lowest BCUT2D eigenvalue weighted by molar-refractivity contribution is 0.0947. The number of hydrogen-bond donors (Lipinski definition) is 1. The summed E-state index contributed by atoms with van der Waals surface area (Å²) in [6.45, 7) is 12.1. The van der Waals surface area contributed by atoms with Gasteiger partial charge < -0.3 is 10.2 Å². The van der Waals surface area contributed by atoms with Crippen molar-refractivity contribution in [1.29, 1.82) is 0 Å². The van der Waals surface area contributed by atoms with Crippen LogP contribution in [-0.4, -0.2) is 80.9 Å². The minimum atomic E-state index is -3.55. The van der Waals surface area contributed by atoms with E-state index in [-0.39, 0.29) is 10.8 Å². The van der Waals surface area contributed by atoms with Crippen molar-refractivity contribution in [1.82, 2.24) is 19.5 Å². The van der Waals surface area contributed by atoms with Gasteiger partial charge in [0.25, 0.3) is 5.91 Å². The summed E-state index contributed by atoms with van der Waals surface area (Å²) >= 11 is 1.76. The summed E-state index contributed by atoms with van der Waals surface area (Å²) < 4.78 is 28.6. The number of carbonyl (C=O) groups is 1. The Hall–Kier alpha value is -2.53. The first-order valence-electron chi connectivity index (χ1n) is 13.6. The van der Waals surface area contributed by atoms with E-state index in [1.165, 1.54) is 26.7 Å². The SMILES string of the molecule is CCCN(CCC)S(=O)(=O)c1ccc(C(=O)NCCN2CCN(c3nc4ccc(CC)cc4s3)CC2)cc1. The average Bonchev–Trinajstić information content (AvgIpc) is 3.36. The number of aryl methyl sites for hydroxylation is 1. The van der Waals surface area contributed by atoms with Gasteiger partial charge in [-0.05, 0) is 61.2 Å². The van der Waals surface area contributed by atoms with Gasteiger partial charge in [-0.25, -0.2) is 13.4 Å². The highest BCUT2D eigenvalue weighted by atomic mass is 32.2. The van der Waals surface area contributed by atoms with Crippen molar-refractivity contribution >= 4 is 42.6 Å². The first-order chi connectivity index (χ1) is 18.3. The monoisotopic (exact) mass is 557 g/mol. The minimum Gasteiger partial charge on any atom is -0.351 e. The van der Waals surface area contributed by atoms with Gasteiger partial charge in [-0.2, -0.15) is 4.31 Å². The number of nitrogens with zero attached hydrogens (tertiary/aromatic N) is 4. The highest BCUT2D eigenvalue weighted by Gasteiger charge is 2.23. The molecule has 0 unspecified atom stereocenters. The predicted octanol–water partition coefficient (Wildman–Crippen LogP) is 4.22. The van der Waals surface area contributed by atoms with Crippen LogP contribution in [0, 0.1) is 0 Å². The second kappa shape index (κ2) is 13.0. The molecule has 8 nitrogen and oxygen atoms in total. The molecule has 206 valence electrons. The number of sulfonamides is 1. The summed E-state index contributed by atoms with van der Waals surface area (Å²) in [4.78, 5) is 22.4. The van der Waals surface area contributed by atoms with E-state index in [0.29, 0.717) is 25.2 Å². The maximum Gasteiger partial charge on any atom is 0.251 e. The van der Waals surface area contributed by atoms with E-state index < -0.39 is 10.0 Å². The van der Waals surface area contributed by atoms with Crippen LogP contribution in [-0.2, 0) is 16.4 Å². The molecule has 0 atom stereocenters. The molecule has 0 bridgehead atoms. The molecular weight excluding hydrogens is 518 g/mol. The fourth-order valence-corrected chi connectivity index (χ4v) is 7.39. The van der Waals surface area contributed by atoms with Gasteiger partial charge in [0.2, 0.25) is 10.0 Å². The Kier molecular flexibility index (Phi) is 9.75. The summed E-state index contributed by atoms with van der Waals surface area (Å²) in [6.07, 6.45) is 2.55. The van der Waals surface area contributed by atoms with Gasteiger partial charge in [-0.15, -0.1) is 0 Å². The topological polar surface area (TPSA) is 85.8 Å². The molecule has 10 heteroatoms. The normalized spacial score (nSPS) is 14.9. The third-order valence-corrected chi connectivity index (χ3v) is 9.90. The fourth-order valence-electron chi connectivity index (χ4n) is 4.68. The molecule has 1 aromatic heterocycles. The van der Waals surface area contributed by atoms with E-state index in [0.717, 1.165) is 62.6 Å². The first-order valence-corrected chi connectivity index (χ1v) is 15.9. The first kappa shape index (κ1) is 28.5. The van der Waals surface area contributed by atoms with Crippen molar-refractivity contribution in [2.24, 2.45) is 0 Å². The van der Waals surface area contributed by atoms with Crippen molar-refractivity contribution in [2.45, 2.75) is 44.9 Å². The Morgan fingerprint density at radius 3 is 2.32 bits per heavy atom. The maximum absolute atomic E-state index is 12.9. The molecule has 0 aliphatic carbocycles. The van der Waals surface area contributed by atoms with Crippen LogP contribution in [0.2, 0.25) is 0 Å². The Bertz CT molecular complexity index is 1310. The van der Waals surface area contributed by atoms with Crippen molar-refractivity contribution in [3.05, 3.63) is 53.6 Å². The molecular formula is C28H39N5O3S2. The molecule has 1 aliphatic rings. The number of fused-ring (bicyclic) bond motifs is 1. The molecule has 38 heavy (non-hydrogen) atoms. The highest BCUT2D eigenvalue weighted by molar-refractivity contribution is 7.89. The zero-order valence-electron chi connectivity index (χ0n) is 22.6. The lowest BCUT2D eigenvalue weighted by Crippen LogP contribution is -2.48. The van der Waals surface area contributed by atoms with Crippen LogP contribution in [0.15, 0.2) is 47.4 Å². The van der Waals surface area contributed by atoms with Crippen molar-refractivity contribution in [3.63, 3.8) is 0 Å². The number of benzene rings is 2. The number of piperazine rings is 1. The van der Waals surface area contributed by atoms with Gasteiger partial charge >= 0.3 is 0 Å². The Balaban J connectivity index is 1.24. The van der Waals surface area contributed by atoms with Gasteiger partial charge in [0.15, 0.2) is 5.13 Å². The molecule has 2 heterocycles. The quantitative estimate of drug-likeness (QED) is 0.359. The number of anilines is 1. The minimum absolute atomic E-state index is 0.188. The summed E-state index contributed by atoms with van der Waals surface area (Å²) in [5, 5.41) is 4.06. The van der Waals surface area contributed by atoms with Gasteiger partial charge in [0, 0.05) is 57.9 Å². The molecule has 1 amide bonds. The molecule has 0 spiro atoms. The number of carbonyl (C=O) groups excluding carboxylic acids is 1. The molecule has 1 saturated heterocycles. The predicted molar refractivity (Wildman–Crippen MR) is 156 cm³/mol. The summed E-state index contributed by atoms with van der Waals surface area (Å²) in [5.41, 5.74) is 2.87. The summed E-state index contributed by atoms with van der Waals surface area (Å²) in [5.74, 6) is -0.188. The van der Waals surface area contributed by atoms with Gasteiger partial charge in [0.1, 0.15) is 0 Å². The van der Waals surface area contributed by atoms with E-state index >= 15 is 0 Å². The number of thiazole rings is 1. The summed E-state index contributed by atoms with van der Waals surface area (Å²) in [6, 6.07) is 12.8. The molecule has 1 fully saturated rings.